The number of piperidine rings is 1. The molecule has 8 nitrogen and oxygen atoms in total. The highest BCUT2D eigenvalue weighted by Gasteiger charge is 2.27. The summed E-state index contributed by atoms with van der Waals surface area (Å²) in [6, 6.07) is 11.7. The molecule has 10 heteroatoms. The first-order valence-electron chi connectivity index (χ1n) is 9.99. The van der Waals surface area contributed by atoms with Crippen LogP contribution in [0.3, 0.4) is 0 Å². The van der Waals surface area contributed by atoms with Crippen LogP contribution in [0.4, 0.5) is 10.1 Å². The number of hydrogen-bond donors (Lipinski definition) is 1. The van der Waals surface area contributed by atoms with Gasteiger partial charge in [-0.2, -0.15) is 13.7 Å². The van der Waals surface area contributed by atoms with E-state index < -0.39 is 0 Å². The predicted molar refractivity (Wildman–Crippen MR) is 114 cm³/mol. The molecular weight excluding hydrogens is 419 g/mol. The molecule has 1 unspecified atom stereocenters. The molecule has 0 radical (unpaired) electrons. The summed E-state index contributed by atoms with van der Waals surface area (Å²) in [4.78, 5) is 19.2. The minimum atomic E-state index is -0.345. The SMILES string of the molecule is O=C(CN1CCCC(c2nc(-c3cccc(F)c3)no2)C1)Nc1cccc2nsnc12. The van der Waals surface area contributed by atoms with Crippen LogP contribution in [0, 0.1) is 5.82 Å². The highest BCUT2D eigenvalue weighted by molar-refractivity contribution is 7.00. The zero-order valence-corrected chi connectivity index (χ0v) is 17.3. The summed E-state index contributed by atoms with van der Waals surface area (Å²) < 4.78 is 27.4. The lowest BCUT2D eigenvalue weighted by atomic mass is 9.98. The molecule has 1 saturated heterocycles. The molecule has 1 fully saturated rings. The fourth-order valence-electron chi connectivity index (χ4n) is 3.85. The number of fused-ring (bicyclic) bond motifs is 1. The van der Waals surface area contributed by atoms with Gasteiger partial charge in [-0.25, -0.2) is 4.39 Å². The van der Waals surface area contributed by atoms with Crippen LogP contribution >= 0.6 is 11.7 Å². The van der Waals surface area contributed by atoms with Crippen molar-refractivity contribution in [2.24, 2.45) is 0 Å². The van der Waals surface area contributed by atoms with Crippen molar-refractivity contribution in [2.75, 3.05) is 25.0 Å². The van der Waals surface area contributed by atoms with Gasteiger partial charge in [0, 0.05) is 12.1 Å². The van der Waals surface area contributed by atoms with Crippen LogP contribution in [0.15, 0.2) is 47.0 Å². The number of benzene rings is 2. The summed E-state index contributed by atoms with van der Waals surface area (Å²) in [5.41, 5.74) is 2.72. The molecule has 2 aromatic carbocycles. The quantitative estimate of drug-likeness (QED) is 0.507. The number of nitrogens with one attached hydrogen (secondary N) is 1. The molecule has 31 heavy (non-hydrogen) atoms. The van der Waals surface area contributed by atoms with Crippen LogP contribution in [-0.2, 0) is 4.79 Å². The molecule has 158 valence electrons. The topological polar surface area (TPSA) is 97.0 Å². The monoisotopic (exact) mass is 438 g/mol. The van der Waals surface area contributed by atoms with E-state index in [1.54, 1.807) is 12.1 Å². The predicted octanol–water partition coefficient (Wildman–Crippen LogP) is 3.70. The number of rotatable bonds is 5. The third-order valence-electron chi connectivity index (χ3n) is 5.31. The van der Waals surface area contributed by atoms with Gasteiger partial charge in [0.15, 0.2) is 0 Å². The first kappa shape index (κ1) is 19.7. The van der Waals surface area contributed by atoms with Crippen molar-refractivity contribution in [3.8, 4) is 11.4 Å². The Kier molecular flexibility index (Phi) is 5.39. The van der Waals surface area contributed by atoms with E-state index in [4.69, 9.17) is 4.52 Å². The first-order chi connectivity index (χ1) is 15.2. The molecule has 1 aliphatic heterocycles. The normalized spacial score (nSPS) is 17.1. The molecule has 4 aromatic rings. The van der Waals surface area contributed by atoms with Crippen LogP contribution in [0.25, 0.3) is 22.4 Å². The van der Waals surface area contributed by atoms with Gasteiger partial charge in [0.05, 0.1) is 29.9 Å². The molecule has 0 spiro atoms. The van der Waals surface area contributed by atoms with Crippen LogP contribution < -0.4 is 5.32 Å². The Morgan fingerprint density at radius 3 is 3.06 bits per heavy atom. The Morgan fingerprint density at radius 1 is 1.26 bits per heavy atom. The molecule has 0 saturated carbocycles. The Hall–Kier alpha value is -3.24. The van der Waals surface area contributed by atoms with Crippen molar-refractivity contribution in [3.63, 3.8) is 0 Å². The fraction of sp³-hybridized carbons (Fsp3) is 0.286. The second kappa shape index (κ2) is 8.48. The molecule has 0 bridgehead atoms. The van der Waals surface area contributed by atoms with Crippen molar-refractivity contribution in [1.29, 1.82) is 0 Å². The van der Waals surface area contributed by atoms with Gasteiger partial charge >= 0.3 is 0 Å². The zero-order valence-electron chi connectivity index (χ0n) is 16.5. The summed E-state index contributed by atoms with van der Waals surface area (Å²) >= 11 is 1.12. The Bertz CT molecular complexity index is 1230. The van der Waals surface area contributed by atoms with Crippen molar-refractivity contribution in [3.05, 3.63) is 54.2 Å². The van der Waals surface area contributed by atoms with Gasteiger partial charge in [0.2, 0.25) is 17.6 Å². The zero-order chi connectivity index (χ0) is 21.2. The molecule has 5 rings (SSSR count). The van der Waals surface area contributed by atoms with Gasteiger partial charge in [-0.15, -0.1) is 0 Å². The molecule has 0 aliphatic carbocycles. The number of aromatic nitrogens is 4. The Labute approximate surface area is 181 Å². The van der Waals surface area contributed by atoms with Gasteiger partial charge in [-0.05, 0) is 43.7 Å². The average Bonchev–Trinajstić information content (AvgIpc) is 3.44. The maximum absolute atomic E-state index is 13.5. The lowest BCUT2D eigenvalue weighted by Crippen LogP contribution is -2.39. The van der Waals surface area contributed by atoms with E-state index in [2.05, 4.69) is 29.1 Å². The van der Waals surface area contributed by atoms with E-state index in [1.165, 1.54) is 12.1 Å². The number of halogens is 1. The fourth-order valence-corrected chi connectivity index (χ4v) is 4.40. The Balaban J connectivity index is 1.23. The van der Waals surface area contributed by atoms with E-state index in [0.717, 1.165) is 36.6 Å². The maximum Gasteiger partial charge on any atom is 0.238 e. The average molecular weight is 438 g/mol. The smallest absolute Gasteiger partial charge is 0.238 e. The highest BCUT2D eigenvalue weighted by atomic mass is 32.1. The van der Waals surface area contributed by atoms with E-state index in [-0.39, 0.29) is 24.2 Å². The molecule has 1 atom stereocenters. The van der Waals surface area contributed by atoms with Crippen LogP contribution in [-0.4, -0.2) is 49.3 Å². The number of nitrogens with zero attached hydrogens (tertiary/aromatic N) is 5. The van der Waals surface area contributed by atoms with Gasteiger partial charge < -0.3 is 9.84 Å². The lowest BCUT2D eigenvalue weighted by molar-refractivity contribution is -0.117. The largest absolute Gasteiger partial charge is 0.339 e. The second-order valence-electron chi connectivity index (χ2n) is 7.53. The summed E-state index contributed by atoms with van der Waals surface area (Å²) in [7, 11) is 0. The van der Waals surface area contributed by atoms with E-state index in [0.29, 0.717) is 35.0 Å². The second-order valence-corrected chi connectivity index (χ2v) is 8.05. The third-order valence-corrected chi connectivity index (χ3v) is 5.85. The summed E-state index contributed by atoms with van der Waals surface area (Å²) in [6.45, 7) is 1.72. The maximum atomic E-state index is 13.5. The van der Waals surface area contributed by atoms with Crippen molar-refractivity contribution in [2.45, 2.75) is 18.8 Å². The molecule has 2 aromatic heterocycles. The van der Waals surface area contributed by atoms with Gasteiger partial charge in [0.25, 0.3) is 0 Å². The first-order valence-corrected chi connectivity index (χ1v) is 10.7. The highest BCUT2D eigenvalue weighted by Crippen LogP contribution is 2.28. The van der Waals surface area contributed by atoms with Gasteiger partial charge in [-0.3, -0.25) is 9.69 Å². The van der Waals surface area contributed by atoms with E-state index in [1.807, 2.05) is 18.2 Å². The molecule has 1 amide bonds. The standard InChI is InChI=1S/C21H19FN6O2S/c22-15-6-1-4-13(10-15)20-24-21(30-25-20)14-5-3-9-28(11-14)12-18(29)23-16-7-2-8-17-19(16)27-31-26-17/h1-2,4,6-8,10,14H,3,5,9,11-12H2,(H,23,29). The number of carbonyl (C=O) groups is 1. The van der Waals surface area contributed by atoms with Crippen molar-refractivity contribution >= 4 is 34.4 Å². The minimum absolute atomic E-state index is 0.0301. The van der Waals surface area contributed by atoms with Crippen LogP contribution in [0.5, 0.6) is 0 Å². The minimum Gasteiger partial charge on any atom is -0.339 e. The molecular formula is C21H19FN6O2S. The number of amides is 1. The van der Waals surface area contributed by atoms with Crippen LogP contribution in [0.1, 0.15) is 24.7 Å². The molecule has 1 aliphatic rings. The lowest BCUT2D eigenvalue weighted by Gasteiger charge is -2.30. The summed E-state index contributed by atoms with van der Waals surface area (Å²) in [5, 5.41) is 6.95. The van der Waals surface area contributed by atoms with E-state index >= 15 is 0 Å². The van der Waals surface area contributed by atoms with Crippen LogP contribution in [0.2, 0.25) is 0 Å². The number of hydrogen-bond acceptors (Lipinski definition) is 8. The summed E-state index contributed by atoms with van der Waals surface area (Å²) in [6.07, 6.45) is 1.81. The molecule has 3 heterocycles. The van der Waals surface area contributed by atoms with Crippen molar-refractivity contribution < 1.29 is 13.7 Å². The van der Waals surface area contributed by atoms with Crippen molar-refractivity contribution in [1.82, 2.24) is 23.8 Å². The van der Waals surface area contributed by atoms with Gasteiger partial charge in [0.1, 0.15) is 16.9 Å². The van der Waals surface area contributed by atoms with Gasteiger partial charge in [-0.1, -0.05) is 23.4 Å². The number of carbonyl (C=O) groups excluding carboxylic acids is 1. The number of anilines is 1. The van der Waals surface area contributed by atoms with E-state index in [9.17, 15) is 9.18 Å². The third kappa shape index (κ3) is 4.30. The Morgan fingerprint density at radius 2 is 2.16 bits per heavy atom. The number of likely N-dealkylation sites (tertiary alicyclic amines) is 1. The molecule has 1 N–H and O–H groups in total. The summed E-state index contributed by atoms with van der Waals surface area (Å²) in [5.74, 6) is 0.467.